The van der Waals surface area contributed by atoms with Crippen LogP contribution in [0, 0.1) is 0 Å². The Morgan fingerprint density at radius 3 is 2.36 bits per heavy atom. The molecular weight excluding hydrogens is 369 g/mol. The maximum Gasteiger partial charge on any atom is 0.166 e. The fourth-order valence-corrected chi connectivity index (χ4v) is 5.42. The van der Waals surface area contributed by atoms with Crippen LogP contribution in [0.1, 0.15) is 94.6 Å². The van der Waals surface area contributed by atoms with Crippen LogP contribution in [0.4, 0.5) is 0 Å². The van der Waals surface area contributed by atoms with Crippen molar-refractivity contribution >= 4 is 37.1 Å². The summed E-state index contributed by atoms with van der Waals surface area (Å²) in [6.07, 6.45) is 15.1. The first-order valence-corrected chi connectivity index (χ1v) is 11.2. The van der Waals surface area contributed by atoms with Crippen LogP contribution in [0.5, 0.6) is 0 Å². The summed E-state index contributed by atoms with van der Waals surface area (Å²) in [5, 5.41) is 0.621. The molecule has 2 aliphatic carbocycles. The van der Waals surface area contributed by atoms with Gasteiger partial charge in [0.15, 0.2) is 12.1 Å². The molecule has 0 radical (unpaired) electrons. The average Bonchev–Trinajstić information content (AvgIpc) is 2.67. The number of ketones is 1. The Morgan fingerprint density at radius 2 is 1.75 bits per heavy atom. The largest absolute Gasteiger partial charge is 0.298 e. The number of nitrogens with zero attached hydrogens (tertiary/aromatic N) is 1. The van der Waals surface area contributed by atoms with Gasteiger partial charge >= 0.3 is 0 Å². The van der Waals surface area contributed by atoms with Gasteiger partial charge in [0.05, 0.1) is 5.57 Å². The number of rotatable bonds is 2. The van der Waals surface area contributed by atoms with Crippen LogP contribution in [0.3, 0.4) is 0 Å². The summed E-state index contributed by atoms with van der Waals surface area (Å²) >= 11 is 6.31. The molecule has 1 fully saturated rings. The van der Waals surface area contributed by atoms with Gasteiger partial charge in [-0.1, -0.05) is 74.7 Å². The quantitative estimate of drug-likeness (QED) is 0.287. The Morgan fingerprint density at radius 1 is 1.14 bits per heavy atom. The highest BCUT2D eigenvalue weighted by Gasteiger charge is 2.37. The third-order valence-corrected chi connectivity index (χ3v) is 7.21. The first-order chi connectivity index (χ1) is 13.5. The summed E-state index contributed by atoms with van der Waals surface area (Å²) in [6.45, 7) is 1.87. The van der Waals surface area contributed by atoms with Crippen molar-refractivity contribution in [2.24, 2.45) is 0 Å². The first kappa shape index (κ1) is 21.3. The fraction of sp³-hybridized carbons (Fsp3) is 0.609. The molecule has 2 aliphatic rings. The second-order valence-corrected chi connectivity index (χ2v) is 9.28. The molecule has 0 N–H and O–H groups in total. The number of pyridine rings is 1. The molecule has 0 spiro atoms. The van der Waals surface area contributed by atoms with Crippen molar-refractivity contribution in [2.75, 3.05) is 0 Å². The number of halogens is 1. The maximum absolute atomic E-state index is 12.7. The third-order valence-electron chi connectivity index (χ3n) is 7.00. The van der Waals surface area contributed by atoms with E-state index in [4.69, 9.17) is 11.6 Å². The molecule has 0 aromatic carbocycles. The smallest absolute Gasteiger partial charge is 0.166 e. The molecule has 28 heavy (non-hydrogen) atoms. The number of Topliss-reactive ketones (excluding diaryl/α,β-unsaturated/α-hetero) is 1. The Labute approximate surface area is 174 Å². The lowest BCUT2D eigenvalue weighted by Gasteiger charge is -2.41. The van der Waals surface area contributed by atoms with Crippen LogP contribution in [-0.2, 0) is 9.59 Å². The lowest BCUT2D eigenvalue weighted by Crippen LogP contribution is -2.26. The number of carbonyl (C=O) groups is 2. The monoisotopic (exact) mass is 399 g/mol. The molecule has 1 heterocycles. The highest BCUT2D eigenvalue weighted by atomic mass is 35.5. The lowest BCUT2D eigenvalue weighted by atomic mass is 9.52. The van der Waals surface area contributed by atoms with E-state index >= 15 is 0 Å². The lowest BCUT2D eigenvalue weighted by molar-refractivity contribution is -0.117. The number of allylic oxidation sites excluding steroid dienone is 2. The minimum atomic E-state index is -0.0402. The minimum Gasteiger partial charge on any atom is -0.298 e. The van der Waals surface area contributed by atoms with E-state index in [1.54, 1.807) is 6.20 Å². The van der Waals surface area contributed by atoms with E-state index in [2.05, 4.69) is 12.8 Å². The van der Waals surface area contributed by atoms with Gasteiger partial charge in [-0.3, -0.25) is 9.59 Å². The number of carbonyl (C=O) groups excluding carboxylic acids is 2. The average molecular weight is 400 g/mol. The molecule has 1 aromatic heterocycles. The van der Waals surface area contributed by atoms with Crippen LogP contribution >= 0.6 is 11.6 Å². The van der Waals surface area contributed by atoms with Gasteiger partial charge in [0.25, 0.3) is 0 Å². The summed E-state index contributed by atoms with van der Waals surface area (Å²) in [4.78, 5) is 28.6. The van der Waals surface area contributed by atoms with Crippen molar-refractivity contribution in [2.45, 2.75) is 88.8 Å². The molecule has 1 aromatic rings. The summed E-state index contributed by atoms with van der Waals surface area (Å²) in [7, 11) is 2.41. The molecule has 5 heteroatoms. The fourth-order valence-electron chi connectivity index (χ4n) is 5.26. The molecule has 1 atom stereocenters. The van der Waals surface area contributed by atoms with Crippen LogP contribution in [-0.4, -0.2) is 24.9 Å². The van der Waals surface area contributed by atoms with Gasteiger partial charge in [0.1, 0.15) is 13.0 Å². The molecule has 0 aliphatic heterocycles. The normalized spacial score (nSPS) is 26.6. The topological polar surface area (TPSA) is 47.0 Å². The van der Waals surface area contributed by atoms with Crippen molar-refractivity contribution in [1.29, 1.82) is 0 Å². The van der Waals surface area contributed by atoms with E-state index in [-0.39, 0.29) is 17.0 Å². The highest BCUT2D eigenvalue weighted by molar-refractivity contribution is 6.29. The number of fused-ring (bicyclic) bond motifs is 1. The standard InChI is InChI=1S/C23H31BClNO2/c1-16-18-14-26-22(25)13-17(18)20(9-10-21(28)19(16)15-27)23(24)11-7-5-3-2-4-6-8-12-23/h13-15,20H,2-12,24H2,1H3/b19-16-. The van der Waals surface area contributed by atoms with Gasteiger partial charge in [0.2, 0.25) is 0 Å². The van der Waals surface area contributed by atoms with E-state index in [9.17, 15) is 9.59 Å². The molecule has 0 saturated heterocycles. The first-order valence-electron chi connectivity index (χ1n) is 10.8. The highest BCUT2D eigenvalue weighted by Crippen LogP contribution is 2.53. The van der Waals surface area contributed by atoms with Gasteiger partial charge in [0, 0.05) is 18.2 Å². The Hall–Kier alpha value is -1.42. The van der Waals surface area contributed by atoms with Gasteiger partial charge in [-0.15, -0.1) is 0 Å². The maximum atomic E-state index is 12.7. The molecule has 3 rings (SSSR count). The van der Waals surface area contributed by atoms with Crippen LogP contribution in [0.25, 0.3) is 5.57 Å². The molecule has 0 amide bonds. The Kier molecular flexibility index (Phi) is 7.14. The minimum absolute atomic E-state index is 0.0402. The van der Waals surface area contributed by atoms with Crippen molar-refractivity contribution in [3.63, 3.8) is 0 Å². The second-order valence-electron chi connectivity index (χ2n) is 8.89. The van der Waals surface area contributed by atoms with Gasteiger partial charge in [-0.05, 0) is 36.5 Å². The van der Waals surface area contributed by atoms with Gasteiger partial charge in [-0.25, -0.2) is 4.98 Å². The summed E-state index contributed by atoms with van der Waals surface area (Å²) in [5.74, 6) is 0.219. The van der Waals surface area contributed by atoms with Gasteiger partial charge in [-0.2, -0.15) is 0 Å². The molecule has 3 nitrogen and oxygen atoms in total. The zero-order valence-electron chi connectivity index (χ0n) is 17.2. The van der Waals surface area contributed by atoms with Gasteiger partial charge < -0.3 is 0 Å². The van der Waals surface area contributed by atoms with E-state index < -0.39 is 0 Å². The molecular formula is C23H31BClNO2. The zero-order valence-corrected chi connectivity index (χ0v) is 18.0. The molecule has 1 unspecified atom stereocenters. The summed E-state index contributed by atoms with van der Waals surface area (Å²) in [5.41, 5.74) is 3.12. The van der Waals surface area contributed by atoms with Crippen molar-refractivity contribution in [3.05, 3.63) is 34.1 Å². The Bertz CT molecular complexity index is 764. The zero-order chi connectivity index (χ0) is 20.1. The number of hydrogen-bond donors (Lipinski definition) is 0. The SMILES string of the molecule is BC1(C2CCC(=O)/C(C=O)=C(/C)c3cnc(Cl)cc32)CCCCCCCCC1. The predicted octanol–water partition coefficient (Wildman–Crippen LogP) is 5.47. The molecule has 1 saturated carbocycles. The Balaban J connectivity index is 2.08. The van der Waals surface area contributed by atoms with E-state index in [1.807, 2.05) is 13.0 Å². The second kappa shape index (κ2) is 9.39. The van der Waals surface area contributed by atoms with Crippen molar-refractivity contribution in [3.8, 4) is 0 Å². The van der Waals surface area contributed by atoms with E-state index in [0.717, 1.165) is 17.6 Å². The predicted molar refractivity (Wildman–Crippen MR) is 118 cm³/mol. The molecule has 0 bridgehead atoms. The number of hydrogen-bond acceptors (Lipinski definition) is 3. The number of aldehydes is 1. The molecule has 150 valence electrons. The van der Waals surface area contributed by atoms with Crippen molar-refractivity contribution < 1.29 is 9.59 Å². The van der Waals surface area contributed by atoms with Crippen LogP contribution in [0.15, 0.2) is 17.8 Å². The third kappa shape index (κ3) is 4.59. The summed E-state index contributed by atoms with van der Waals surface area (Å²) in [6, 6.07) is 1.98. The van der Waals surface area contributed by atoms with Crippen LogP contribution < -0.4 is 0 Å². The van der Waals surface area contributed by atoms with E-state index in [1.165, 1.54) is 63.4 Å². The summed E-state index contributed by atoms with van der Waals surface area (Å²) < 4.78 is 0. The van der Waals surface area contributed by atoms with Crippen molar-refractivity contribution in [1.82, 2.24) is 4.98 Å². The van der Waals surface area contributed by atoms with E-state index in [0.29, 0.717) is 23.4 Å². The van der Waals surface area contributed by atoms with Crippen LogP contribution in [0.2, 0.25) is 10.5 Å². The number of aromatic nitrogens is 1.